The molecular weight excluding hydrogens is 551 g/mol. The molecule has 0 bridgehead atoms. The van der Waals surface area contributed by atoms with Gasteiger partial charge < -0.3 is 31.0 Å². The fourth-order valence-electron chi connectivity index (χ4n) is 4.36. The summed E-state index contributed by atoms with van der Waals surface area (Å²) in [5.74, 6) is -0.792. The predicted octanol–water partition coefficient (Wildman–Crippen LogP) is 7.01. The van der Waals surface area contributed by atoms with Gasteiger partial charge in [-0.2, -0.15) is 13.2 Å². The quantitative estimate of drug-likeness (QED) is 0.125. The van der Waals surface area contributed by atoms with Gasteiger partial charge in [0.1, 0.15) is 0 Å². The van der Waals surface area contributed by atoms with Gasteiger partial charge in [0.15, 0.2) is 0 Å². The van der Waals surface area contributed by atoms with Crippen LogP contribution in [0.25, 0.3) is 11.6 Å². The van der Waals surface area contributed by atoms with Crippen LogP contribution in [-0.2, 0) is 15.7 Å². The van der Waals surface area contributed by atoms with Crippen molar-refractivity contribution in [2.24, 2.45) is 0 Å². The molecule has 5 N–H and O–H groups in total. The van der Waals surface area contributed by atoms with Gasteiger partial charge in [0, 0.05) is 40.2 Å². The summed E-state index contributed by atoms with van der Waals surface area (Å²) in [4.78, 5) is 39.8. The smallest absolute Gasteiger partial charge is 0.416 e. The lowest BCUT2D eigenvalue weighted by Crippen LogP contribution is -2.20. The van der Waals surface area contributed by atoms with E-state index in [1.165, 1.54) is 25.4 Å². The molecule has 3 aromatic carbocycles. The van der Waals surface area contributed by atoms with Crippen molar-refractivity contribution in [2.75, 3.05) is 28.4 Å². The second kappa shape index (κ2) is 11.2. The number of aromatic nitrogens is 1. The van der Waals surface area contributed by atoms with E-state index in [9.17, 15) is 27.6 Å². The van der Waals surface area contributed by atoms with Crippen molar-refractivity contribution in [3.8, 4) is 0 Å². The van der Waals surface area contributed by atoms with Gasteiger partial charge in [-0.1, -0.05) is 18.2 Å². The molecule has 0 unspecified atom stereocenters. The lowest BCUT2D eigenvalue weighted by Gasteiger charge is -2.14. The molecule has 1 aliphatic rings. The number of rotatable bonds is 6. The highest BCUT2D eigenvalue weighted by Gasteiger charge is 2.30. The van der Waals surface area contributed by atoms with Crippen LogP contribution in [0.5, 0.6) is 0 Å². The number of ether oxygens (including phenoxy) is 1. The molecule has 0 aliphatic carbocycles. The molecule has 0 saturated carbocycles. The van der Waals surface area contributed by atoms with E-state index in [2.05, 4.69) is 26.3 Å². The number of aromatic amines is 1. The topological polar surface area (TPSA) is 124 Å². The fraction of sp³-hybridized carbons (Fsp3) is 0.100. The van der Waals surface area contributed by atoms with Gasteiger partial charge >= 0.3 is 18.2 Å². The van der Waals surface area contributed by atoms with Crippen LogP contribution in [0, 0.1) is 6.92 Å². The van der Waals surface area contributed by atoms with Crippen molar-refractivity contribution < 1.29 is 32.3 Å². The van der Waals surface area contributed by atoms with E-state index in [4.69, 9.17) is 4.74 Å². The number of anilines is 5. The second-order valence-corrected chi connectivity index (χ2v) is 9.42. The minimum Gasteiger partial charge on any atom is -0.465 e. The van der Waals surface area contributed by atoms with Crippen LogP contribution < -0.4 is 21.3 Å². The predicted molar refractivity (Wildman–Crippen MR) is 154 cm³/mol. The molecule has 0 atom stereocenters. The molecule has 5 rings (SSSR count). The Bertz CT molecular complexity index is 1740. The third-order valence-electron chi connectivity index (χ3n) is 6.45. The summed E-state index contributed by atoms with van der Waals surface area (Å²) in [6.07, 6.45) is -1.38. The van der Waals surface area contributed by atoms with Crippen molar-refractivity contribution >= 4 is 58.0 Å². The lowest BCUT2D eigenvalue weighted by atomic mass is 10.1. The van der Waals surface area contributed by atoms with E-state index in [0.717, 1.165) is 17.7 Å². The minimum absolute atomic E-state index is 0.00145. The van der Waals surface area contributed by atoms with Crippen LogP contribution in [-0.4, -0.2) is 30.0 Å². The molecule has 1 aliphatic heterocycles. The van der Waals surface area contributed by atoms with Gasteiger partial charge in [-0.25, -0.2) is 9.59 Å². The molecule has 3 amide bonds. The number of urea groups is 1. The Morgan fingerprint density at radius 3 is 2.40 bits per heavy atom. The van der Waals surface area contributed by atoms with Gasteiger partial charge in [0.05, 0.1) is 29.5 Å². The molecule has 0 spiro atoms. The standard InChI is InChI=1S/C30H24F3N5O4/c1-16-6-7-21(37-29(41)36-19-5-3-4-18(11-19)30(31,32)33)13-25(16)35-20-8-9-23-24(27(39)38-26(23)14-20)12-22-10-17(15-34-22)28(40)42-2/h3-15,34-35H,1-2H3,(H,38,39)(H2,36,37,41). The van der Waals surface area contributed by atoms with Crippen molar-refractivity contribution in [3.05, 3.63) is 101 Å². The first-order valence-electron chi connectivity index (χ1n) is 12.6. The van der Waals surface area contributed by atoms with E-state index < -0.39 is 23.7 Å². The number of halogens is 3. The highest BCUT2D eigenvalue weighted by atomic mass is 19.4. The Kier molecular flexibility index (Phi) is 7.45. The molecule has 12 heteroatoms. The number of hydrogen-bond acceptors (Lipinski definition) is 5. The summed E-state index contributed by atoms with van der Waals surface area (Å²) >= 11 is 0. The number of carbonyl (C=O) groups is 3. The van der Waals surface area contributed by atoms with E-state index in [-0.39, 0.29) is 11.6 Å². The third kappa shape index (κ3) is 6.12. The molecule has 214 valence electrons. The van der Waals surface area contributed by atoms with Crippen LogP contribution in [0.3, 0.4) is 0 Å². The van der Waals surface area contributed by atoms with E-state index >= 15 is 0 Å². The normalized spacial score (nSPS) is 13.4. The number of H-pyrrole nitrogens is 1. The largest absolute Gasteiger partial charge is 0.465 e. The number of carbonyl (C=O) groups excluding carboxylic acids is 3. The summed E-state index contributed by atoms with van der Waals surface area (Å²) in [6, 6.07) is 15.7. The zero-order valence-corrected chi connectivity index (χ0v) is 22.3. The van der Waals surface area contributed by atoms with Gasteiger partial charge in [-0.3, -0.25) is 4.79 Å². The summed E-state index contributed by atoms with van der Waals surface area (Å²) < 4.78 is 43.6. The number of fused-ring (bicyclic) bond motifs is 1. The van der Waals surface area contributed by atoms with Gasteiger partial charge in [-0.15, -0.1) is 0 Å². The third-order valence-corrected chi connectivity index (χ3v) is 6.45. The summed E-state index contributed by atoms with van der Waals surface area (Å²) in [7, 11) is 1.29. The highest BCUT2D eigenvalue weighted by Crippen LogP contribution is 2.36. The van der Waals surface area contributed by atoms with Crippen molar-refractivity contribution in [3.63, 3.8) is 0 Å². The molecule has 4 aromatic rings. The zero-order chi connectivity index (χ0) is 30.0. The number of esters is 1. The van der Waals surface area contributed by atoms with Crippen LogP contribution in [0.1, 0.15) is 32.7 Å². The summed E-state index contributed by atoms with van der Waals surface area (Å²) in [5, 5.41) is 11.1. The SMILES string of the molecule is COC(=O)c1c[nH]c(C=C2C(=O)Nc3cc(Nc4cc(NC(=O)Nc5cccc(C(F)(F)F)c5)ccc4C)ccc32)c1. The van der Waals surface area contributed by atoms with Crippen LogP contribution in [0.2, 0.25) is 0 Å². The van der Waals surface area contributed by atoms with Crippen LogP contribution >= 0.6 is 0 Å². The Balaban J connectivity index is 1.29. The van der Waals surface area contributed by atoms with E-state index in [1.807, 2.05) is 6.92 Å². The highest BCUT2D eigenvalue weighted by molar-refractivity contribution is 6.35. The Morgan fingerprint density at radius 1 is 0.929 bits per heavy atom. The van der Waals surface area contributed by atoms with Crippen LogP contribution in [0.4, 0.5) is 46.4 Å². The second-order valence-electron chi connectivity index (χ2n) is 9.42. The lowest BCUT2D eigenvalue weighted by molar-refractivity contribution is -0.137. The monoisotopic (exact) mass is 575 g/mol. The first-order valence-corrected chi connectivity index (χ1v) is 12.6. The number of nitrogens with one attached hydrogen (secondary N) is 5. The number of amides is 3. The minimum atomic E-state index is -4.53. The van der Waals surface area contributed by atoms with Crippen LogP contribution in [0.15, 0.2) is 72.9 Å². The number of benzene rings is 3. The number of aryl methyl sites for hydroxylation is 1. The molecule has 0 radical (unpaired) electrons. The summed E-state index contributed by atoms with van der Waals surface area (Å²) in [6.45, 7) is 1.86. The average Bonchev–Trinajstić information content (AvgIpc) is 3.54. The maximum Gasteiger partial charge on any atom is 0.416 e. The fourth-order valence-corrected chi connectivity index (χ4v) is 4.36. The Labute approximate surface area is 237 Å². The summed E-state index contributed by atoms with van der Waals surface area (Å²) in [5.41, 5.74) is 4.31. The molecular formula is C30H24F3N5O4. The maximum absolute atomic E-state index is 13.0. The average molecular weight is 576 g/mol. The van der Waals surface area contributed by atoms with Crippen molar-refractivity contribution in [2.45, 2.75) is 13.1 Å². The Hall–Kier alpha value is -5.52. The van der Waals surface area contributed by atoms with E-state index in [0.29, 0.717) is 45.1 Å². The number of methoxy groups -OCH3 is 1. The van der Waals surface area contributed by atoms with Gasteiger partial charge in [0.25, 0.3) is 5.91 Å². The molecule has 42 heavy (non-hydrogen) atoms. The molecule has 1 aromatic heterocycles. The first kappa shape index (κ1) is 28.0. The molecule has 2 heterocycles. The number of hydrogen-bond donors (Lipinski definition) is 5. The maximum atomic E-state index is 13.0. The molecule has 9 nitrogen and oxygen atoms in total. The molecule has 0 saturated heterocycles. The van der Waals surface area contributed by atoms with Gasteiger partial charge in [-0.05, 0) is 67.1 Å². The number of alkyl halides is 3. The van der Waals surface area contributed by atoms with Gasteiger partial charge in [0.2, 0.25) is 0 Å². The Morgan fingerprint density at radius 2 is 1.67 bits per heavy atom. The zero-order valence-electron chi connectivity index (χ0n) is 22.3. The van der Waals surface area contributed by atoms with Crippen molar-refractivity contribution in [1.82, 2.24) is 4.98 Å². The molecule has 0 fully saturated rings. The first-order chi connectivity index (χ1) is 20.0. The van der Waals surface area contributed by atoms with E-state index in [1.54, 1.807) is 48.5 Å². The van der Waals surface area contributed by atoms with Crippen molar-refractivity contribution in [1.29, 1.82) is 0 Å².